The van der Waals surface area contributed by atoms with E-state index < -0.39 is 5.54 Å². The van der Waals surface area contributed by atoms with Crippen molar-refractivity contribution in [2.24, 2.45) is 0 Å². The smallest absolute Gasteiger partial charge is 0.262 e. The summed E-state index contributed by atoms with van der Waals surface area (Å²) in [5.41, 5.74) is 3.12. The van der Waals surface area contributed by atoms with E-state index in [0.29, 0.717) is 24.4 Å². The Morgan fingerprint density at radius 1 is 0.842 bits per heavy atom. The maximum Gasteiger partial charge on any atom is 0.262 e. The SMILES string of the molecule is Cl.O=C(c1ccccc1)N1CN(c2ccccc2)C2(CCN(C3CCc4c(Cl)ccc(Cl)c4C3)CC2)C1=O. The quantitative estimate of drug-likeness (QED) is 0.349. The van der Waals surface area contributed by atoms with Crippen LogP contribution in [0.4, 0.5) is 5.69 Å². The van der Waals surface area contributed by atoms with Gasteiger partial charge in [0.25, 0.3) is 11.8 Å². The van der Waals surface area contributed by atoms with Crippen molar-refractivity contribution in [1.29, 1.82) is 0 Å². The van der Waals surface area contributed by atoms with Crippen molar-refractivity contribution in [3.63, 3.8) is 0 Å². The van der Waals surface area contributed by atoms with Crippen molar-refractivity contribution < 1.29 is 9.59 Å². The van der Waals surface area contributed by atoms with E-state index in [0.717, 1.165) is 53.6 Å². The number of nitrogens with zero attached hydrogens (tertiary/aromatic N) is 3. The monoisotopic (exact) mass is 569 g/mol. The summed E-state index contributed by atoms with van der Waals surface area (Å²) in [4.78, 5) is 33.5. The third-order valence-electron chi connectivity index (χ3n) is 8.40. The number of amides is 2. The van der Waals surface area contributed by atoms with Gasteiger partial charge in [-0.3, -0.25) is 19.4 Å². The van der Waals surface area contributed by atoms with Gasteiger partial charge in [-0.25, -0.2) is 0 Å². The maximum atomic E-state index is 14.0. The standard InChI is InChI=1S/C30H29Cl2N3O2.ClH/c31-26-13-14-27(32)25-19-23(11-12-24(25)26)33-17-15-30(16-18-33)29(37)34(28(36)21-7-3-1-4-8-21)20-35(30)22-9-5-2-6-10-22;/h1-10,13-14,23H,11-12,15-20H2;1H. The van der Waals surface area contributed by atoms with Gasteiger partial charge in [-0.1, -0.05) is 59.6 Å². The van der Waals surface area contributed by atoms with Crippen molar-refractivity contribution in [2.75, 3.05) is 24.7 Å². The van der Waals surface area contributed by atoms with E-state index in [1.165, 1.54) is 10.5 Å². The highest BCUT2D eigenvalue weighted by atomic mass is 35.5. The van der Waals surface area contributed by atoms with Crippen LogP contribution in [0.25, 0.3) is 0 Å². The lowest BCUT2D eigenvalue weighted by molar-refractivity contribution is -0.131. The van der Waals surface area contributed by atoms with E-state index in [1.807, 2.05) is 60.7 Å². The number of imide groups is 1. The molecule has 5 nitrogen and oxygen atoms in total. The molecule has 1 spiro atoms. The number of likely N-dealkylation sites (tertiary alicyclic amines) is 1. The fourth-order valence-electron chi connectivity index (χ4n) is 6.37. The Morgan fingerprint density at radius 2 is 1.45 bits per heavy atom. The Bertz CT molecular complexity index is 1330. The second-order valence-corrected chi connectivity index (χ2v) is 11.1. The highest BCUT2D eigenvalue weighted by molar-refractivity contribution is 6.34. The molecule has 6 rings (SSSR count). The molecule has 0 aromatic heterocycles. The summed E-state index contributed by atoms with van der Waals surface area (Å²) in [5, 5.41) is 1.59. The number of piperidine rings is 1. The third kappa shape index (κ3) is 4.60. The molecule has 8 heteroatoms. The summed E-state index contributed by atoms with van der Waals surface area (Å²) in [6.45, 7) is 1.85. The van der Waals surface area contributed by atoms with Gasteiger partial charge < -0.3 is 4.90 Å². The fraction of sp³-hybridized carbons (Fsp3) is 0.333. The molecule has 3 aromatic carbocycles. The topological polar surface area (TPSA) is 43.9 Å². The van der Waals surface area contributed by atoms with Crippen molar-refractivity contribution in [3.8, 4) is 0 Å². The number of carbonyl (C=O) groups excluding carboxylic acids is 2. The average Bonchev–Trinajstić information content (AvgIpc) is 3.23. The van der Waals surface area contributed by atoms with Crippen LogP contribution in [0.2, 0.25) is 10.0 Å². The van der Waals surface area contributed by atoms with Crippen molar-refractivity contribution in [1.82, 2.24) is 9.80 Å². The number of anilines is 1. The summed E-state index contributed by atoms with van der Waals surface area (Å²) in [7, 11) is 0. The Balaban J connectivity index is 0.00000294. The zero-order valence-electron chi connectivity index (χ0n) is 21.0. The number of hydrogen-bond donors (Lipinski definition) is 0. The minimum Gasteiger partial charge on any atom is -0.338 e. The van der Waals surface area contributed by atoms with Gasteiger partial charge in [0.2, 0.25) is 0 Å². The van der Waals surface area contributed by atoms with Crippen LogP contribution in [0.1, 0.15) is 40.7 Å². The normalized spacial score (nSPS) is 20.8. The lowest BCUT2D eigenvalue weighted by Gasteiger charge is -2.46. The van der Waals surface area contributed by atoms with Crippen LogP contribution >= 0.6 is 35.6 Å². The number of halogens is 3. The average molecular weight is 571 g/mol. The molecule has 0 bridgehead atoms. The second-order valence-electron chi connectivity index (χ2n) is 10.3. The molecular weight excluding hydrogens is 541 g/mol. The van der Waals surface area contributed by atoms with Gasteiger partial charge in [0.05, 0.1) is 0 Å². The first-order valence-corrected chi connectivity index (χ1v) is 13.7. The van der Waals surface area contributed by atoms with Gasteiger partial charge in [0.15, 0.2) is 0 Å². The van der Waals surface area contributed by atoms with Crippen molar-refractivity contribution in [2.45, 2.75) is 43.7 Å². The van der Waals surface area contributed by atoms with E-state index in [1.54, 1.807) is 12.1 Å². The molecule has 198 valence electrons. The summed E-state index contributed by atoms with van der Waals surface area (Å²) in [6.07, 6.45) is 4.15. The Hall–Kier alpha value is -2.57. The molecule has 2 amide bonds. The highest BCUT2D eigenvalue weighted by Crippen LogP contribution is 2.42. The predicted molar refractivity (Wildman–Crippen MR) is 154 cm³/mol. The maximum absolute atomic E-state index is 14.0. The highest BCUT2D eigenvalue weighted by Gasteiger charge is 2.55. The first-order chi connectivity index (χ1) is 18.0. The molecule has 1 aliphatic carbocycles. The van der Waals surface area contributed by atoms with E-state index >= 15 is 0 Å². The van der Waals surface area contributed by atoms with E-state index in [2.05, 4.69) is 9.80 Å². The number of benzene rings is 3. The van der Waals surface area contributed by atoms with Crippen LogP contribution in [0, 0.1) is 0 Å². The van der Waals surface area contributed by atoms with E-state index in [9.17, 15) is 9.59 Å². The summed E-state index contributed by atoms with van der Waals surface area (Å²) < 4.78 is 0. The molecule has 2 aliphatic heterocycles. The number of carbonyl (C=O) groups is 2. The first kappa shape index (κ1) is 27.0. The third-order valence-corrected chi connectivity index (χ3v) is 9.11. The number of hydrogen-bond acceptors (Lipinski definition) is 4. The molecule has 0 saturated carbocycles. The van der Waals surface area contributed by atoms with E-state index in [4.69, 9.17) is 23.2 Å². The molecule has 1 atom stereocenters. The lowest BCUT2D eigenvalue weighted by Crippen LogP contribution is -2.58. The van der Waals surface area contributed by atoms with Gasteiger partial charge >= 0.3 is 0 Å². The number of para-hydroxylation sites is 1. The molecule has 2 fully saturated rings. The largest absolute Gasteiger partial charge is 0.338 e. The minimum atomic E-state index is -0.726. The molecule has 0 N–H and O–H groups in total. The lowest BCUT2D eigenvalue weighted by atomic mass is 9.82. The predicted octanol–water partition coefficient (Wildman–Crippen LogP) is 6.25. The zero-order valence-corrected chi connectivity index (χ0v) is 23.3. The Morgan fingerprint density at radius 3 is 2.11 bits per heavy atom. The molecule has 0 radical (unpaired) electrons. The minimum absolute atomic E-state index is 0. The van der Waals surface area contributed by atoms with Crippen LogP contribution < -0.4 is 4.90 Å². The second kappa shape index (κ2) is 10.9. The van der Waals surface area contributed by atoms with Crippen molar-refractivity contribution >= 4 is 53.1 Å². The molecule has 2 heterocycles. The molecular formula is C30H30Cl3N3O2. The van der Waals surface area contributed by atoms with Gasteiger partial charge in [-0.2, -0.15) is 0 Å². The van der Waals surface area contributed by atoms with E-state index in [-0.39, 0.29) is 30.9 Å². The van der Waals surface area contributed by atoms with Gasteiger partial charge in [-0.05, 0) is 79.6 Å². The van der Waals surface area contributed by atoms with Crippen molar-refractivity contribution in [3.05, 3.63) is 99.5 Å². The first-order valence-electron chi connectivity index (χ1n) is 12.9. The molecule has 3 aliphatic rings. The molecule has 2 saturated heterocycles. The fourth-order valence-corrected chi connectivity index (χ4v) is 6.89. The Labute approximate surface area is 239 Å². The molecule has 1 unspecified atom stereocenters. The Kier molecular flexibility index (Phi) is 7.74. The van der Waals surface area contributed by atoms with Gasteiger partial charge in [0, 0.05) is 40.4 Å². The van der Waals surface area contributed by atoms with Gasteiger partial charge in [0.1, 0.15) is 12.2 Å². The van der Waals surface area contributed by atoms with Crippen LogP contribution in [-0.2, 0) is 17.6 Å². The van der Waals surface area contributed by atoms with Crippen LogP contribution in [0.5, 0.6) is 0 Å². The summed E-state index contributed by atoms with van der Waals surface area (Å²) in [5.74, 6) is -0.324. The van der Waals surface area contributed by atoms with Crippen LogP contribution in [0.15, 0.2) is 72.8 Å². The van der Waals surface area contributed by atoms with Gasteiger partial charge in [-0.15, -0.1) is 12.4 Å². The zero-order chi connectivity index (χ0) is 25.6. The molecule has 38 heavy (non-hydrogen) atoms. The number of rotatable bonds is 3. The van der Waals surface area contributed by atoms with Crippen LogP contribution in [-0.4, -0.2) is 53.0 Å². The molecule has 3 aromatic rings. The summed E-state index contributed by atoms with van der Waals surface area (Å²) in [6, 6.07) is 23.2. The van der Waals surface area contributed by atoms with Crippen LogP contribution in [0.3, 0.4) is 0 Å². The summed E-state index contributed by atoms with van der Waals surface area (Å²) >= 11 is 13.0. The number of fused-ring (bicyclic) bond motifs is 1.